The lowest BCUT2D eigenvalue weighted by atomic mass is 9.92. The number of aliphatic imine (C=N–C) groups is 2. The van der Waals surface area contributed by atoms with Crippen LogP contribution < -0.4 is 0 Å². The number of benzene rings is 2. The number of ether oxygens (including phenoxy) is 2. The summed E-state index contributed by atoms with van der Waals surface area (Å²) >= 11 is 0. The summed E-state index contributed by atoms with van der Waals surface area (Å²) in [6, 6.07) is 17.8. The molecule has 0 spiro atoms. The van der Waals surface area contributed by atoms with Crippen molar-refractivity contribution in [1.82, 2.24) is 0 Å². The van der Waals surface area contributed by atoms with E-state index >= 15 is 0 Å². The highest BCUT2D eigenvalue weighted by molar-refractivity contribution is 5.71. The van der Waals surface area contributed by atoms with Gasteiger partial charge >= 0.3 is 11.9 Å². The van der Waals surface area contributed by atoms with E-state index in [0.717, 1.165) is 0 Å². The molecule has 0 N–H and O–H groups in total. The van der Waals surface area contributed by atoms with Crippen LogP contribution in [0, 0.1) is 0 Å². The first kappa shape index (κ1) is 24.4. The molecule has 0 bridgehead atoms. The van der Waals surface area contributed by atoms with Crippen molar-refractivity contribution >= 4 is 24.1 Å². The average Bonchev–Trinajstić information content (AvgIpc) is 2.81. The van der Waals surface area contributed by atoms with Crippen LogP contribution in [0.15, 0.2) is 70.6 Å². The molecule has 3 rings (SSSR count). The standard InChI is InChI=1S/C15H10N2O2.C9H14O4/c18-11-16-15(17-12-19,13-7-3-1-4-8-13)14-9-5-2-6-10-14;1-7-6-12-8(10)4-2-3-5-9(11)13-7/h1-10H;7H,2-6H2,1H3. The highest BCUT2D eigenvalue weighted by Crippen LogP contribution is 2.34. The number of nitrogens with zero attached hydrogens (tertiary/aromatic N) is 2. The van der Waals surface area contributed by atoms with Gasteiger partial charge in [-0.15, -0.1) is 0 Å². The minimum Gasteiger partial charge on any atom is -0.462 e. The average molecular weight is 436 g/mol. The summed E-state index contributed by atoms with van der Waals surface area (Å²) in [6.07, 6.45) is 4.86. The Morgan fingerprint density at radius 1 is 0.812 bits per heavy atom. The van der Waals surface area contributed by atoms with Gasteiger partial charge in [-0.3, -0.25) is 9.59 Å². The maximum Gasteiger partial charge on any atom is 0.306 e. The predicted octanol–water partition coefficient (Wildman–Crippen LogP) is 3.59. The van der Waals surface area contributed by atoms with E-state index in [1.165, 1.54) is 12.2 Å². The van der Waals surface area contributed by atoms with Crippen molar-refractivity contribution in [2.75, 3.05) is 6.61 Å². The number of isocyanates is 2. The van der Waals surface area contributed by atoms with Crippen molar-refractivity contribution in [1.29, 1.82) is 0 Å². The molecule has 32 heavy (non-hydrogen) atoms. The molecular formula is C24H24N2O6. The van der Waals surface area contributed by atoms with Gasteiger partial charge in [0.2, 0.25) is 17.8 Å². The molecule has 2 aromatic carbocycles. The van der Waals surface area contributed by atoms with Crippen LogP contribution in [0.4, 0.5) is 0 Å². The van der Waals surface area contributed by atoms with Crippen molar-refractivity contribution in [2.45, 2.75) is 44.4 Å². The summed E-state index contributed by atoms with van der Waals surface area (Å²) in [5.41, 5.74) is -0.202. The van der Waals surface area contributed by atoms with Gasteiger partial charge in [-0.2, -0.15) is 9.98 Å². The second-order valence-corrected chi connectivity index (χ2v) is 7.00. The molecule has 166 valence electrons. The molecule has 8 nitrogen and oxygen atoms in total. The lowest BCUT2D eigenvalue weighted by Gasteiger charge is -2.22. The topological polar surface area (TPSA) is 111 Å². The first-order valence-electron chi connectivity index (χ1n) is 10.2. The van der Waals surface area contributed by atoms with Crippen LogP contribution >= 0.6 is 0 Å². The fourth-order valence-corrected chi connectivity index (χ4v) is 3.06. The minimum atomic E-state index is -1.41. The zero-order chi connectivity index (χ0) is 23.2. The molecule has 0 saturated carbocycles. The largest absolute Gasteiger partial charge is 0.462 e. The maximum atomic E-state index is 11.0. The van der Waals surface area contributed by atoms with Gasteiger partial charge in [-0.25, -0.2) is 9.59 Å². The summed E-state index contributed by atoms with van der Waals surface area (Å²) in [4.78, 5) is 51.0. The van der Waals surface area contributed by atoms with E-state index in [9.17, 15) is 19.2 Å². The van der Waals surface area contributed by atoms with E-state index in [2.05, 4.69) is 9.98 Å². The van der Waals surface area contributed by atoms with Crippen LogP contribution in [0.2, 0.25) is 0 Å². The monoisotopic (exact) mass is 436 g/mol. The summed E-state index contributed by atoms with van der Waals surface area (Å²) < 4.78 is 9.82. The predicted molar refractivity (Wildman–Crippen MR) is 115 cm³/mol. The number of hydrogen-bond acceptors (Lipinski definition) is 8. The van der Waals surface area contributed by atoms with E-state index < -0.39 is 5.66 Å². The third-order valence-electron chi connectivity index (χ3n) is 4.59. The molecule has 1 aliphatic rings. The highest BCUT2D eigenvalue weighted by Gasteiger charge is 2.34. The maximum absolute atomic E-state index is 11.0. The van der Waals surface area contributed by atoms with Gasteiger partial charge in [0.15, 0.2) is 0 Å². The Balaban J connectivity index is 0.000000244. The highest BCUT2D eigenvalue weighted by atomic mass is 16.6. The zero-order valence-electron chi connectivity index (χ0n) is 17.7. The molecule has 1 saturated heterocycles. The van der Waals surface area contributed by atoms with Crippen LogP contribution in [0.5, 0.6) is 0 Å². The molecule has 1 heterocycles. The van der Waals surface area contributed by atoms with Crippen molar-refractivity contribution in [3.63, 3.8) is 0 Å². The van der Waals surface area contributed by atoms with Gasteiger partial charge in [0.1, 0.15) is 12.7 Å². The second-order valence-electron chi connectivity index (χ2n) is 7.00. The number of carbonyl (C=O) groups excluding carboxylic acids is 4. The van der Waals surface area contributed by atoms with Gasteiger partial charge < -0.3 is 9.47 Å². The van der Waals surface area contributed by atoms with E-state index in [-0.39, 0.29) is 24.6 Å². The lowest BCUT2D eigenvalue weighted by molar-refractivity contribution is -0.159. The van der Waals surface area contributed by atoms with Crippen molar-refractivity contribution in [3.8, 4) is 0 Å². The van der Waals surface area contributed by atoms with Gasteiger partial charge in [-0.05, 0) is 19.8 Å². The van der Waals surface area contributed by atoms with Crippen molar-refractivity contribution < 1.29 is 28.7 Å². The quantitative estimate of drug-likeness (QED) is 0.411. The Morgan fingerprint density at radius 2 is 1.28 bits per heavy atom. The molecule has 0 amide bonds. The molecule has 0 aromatic heterocycles. The van der Waals surface area contributed by atoms with Crippen LogP contribution in [-0.2, 0) is 34.3 Å². The van der Waals surface area contributed by atoms with Gasteiger partial charge in [0, 0.05) is 24.0 Å². The molecule has 2 aromatic rings. The Morgan fingerprint density at radius 3 is 1.75 bits per heavy atom. The molecular weight excluding hydrogens is 412 g/mol. The fraction of sp³-hybridized carbons (Fsp3) is 0.333. The molecule has 0 radical (unpaired) electrons. The first-order valence-corrected chi connectivity index (χ1v) is 10.2. The third kappa shape index (κ3) is 7.13. The van der Waals surface area contributed by atoms with Crippen LogP contribution in [-0.4, -0.2) is 36.8 Å². The molecule has 1 aliphatic heterocycles. The Kier molecular flexibility index (Phi) is 9.72. The molecule has 1 unspecified atom stereocenters. The van der Waals surface area contributed by atoms with Crippen molar-refractivity contribution in [3.05, 3.63) is 71.8 Å². The number of cyclic esters (lactones) is 2. The van der Waals surface area contributed by atoms with Crippen LogP contribution in [0.25, 0.3) is 0 Å². The van der Waals surface area contributed by atoms with E-state index in [1.807, 2.05) is 12.1 Å². The summed E-state index contributed by atoms with van der Waals surface area (Å²) in [7, 11) is 0. The second kappa shape index (κ2) is 12.7. The normalized spacial score (nSPS) is 16.6. The van der Waals surface area contributed by atoms with Crippen LogP contribution in [0.3, 0.4) is 0 Å². The van der Waals surface area contributed by atoms with E-state index in [1.54, 1.807) is 55.5 Å². The zero-order valence-corrected chi connectivity index (χ0v) is 17.7. The Labute approximate surface area is 186 Å². The summed E-state index contributed by atoms with van der Waals surface area (Å²) in [5.74, 6) is -0.407. The SMILES string of the molecule is CC1COC(=O)CCCCC(=O)O1.O=C=NC(N=C=O)(c1ccccc1)c1ccccc1. The van der Waals surface area contributed by atoms with E-state index in [4.69, 9.17) is 9.47 Å². The number of esters is 2. The smallest absolute Gasteiger partial charge is 0.306 e. The van der Waals surface area contributed by atoms with Crippen LogP contribution in [0.1, 0.15) is 43.7 Å². The molecule has 1 atom stereocenters. The molecule has 1 fully saturated rings. The van der Waals surface area contributed by atoms with E-state index in [0.29, 0.717) is 36.8 Å². The molecule has 8 heteroatoms. The van der Waals surface area contributed by atoms with Gasteiger partial charge in [0.25, 0.3) is 0 Å². The Hall–Kier alpha value is -3.86. The van der Waals surface area contributed by atoms with Crippen molar-refractivity contribution in [2.24, 2.45) is 9.98 Å². The summed E-state index contributed by atoms with van der Waals surface area (Å²) in [6.45, 7) is 1.89. The third-order valence-corrected chi connectivity index (χ3v) is 4.59. The van der Waals surface area contributed by atoms with Gasteiger partial charge in [0.05, 0.1) is 0 Å². The molecule has 0 aliphatic carbocycles. The lowest BCUT2D eigenvalue weighted by Crippen LogP contribution is -2.23. The minimum absolute atomic E-state index is 0.171. The van der Waals surface area contributed by atoms with Gasteiger partial charge in [-0.1, -0.05) is 60.7 Å². The number of rotatable bonds is 4. The summed E-state index contributed by atoms with van der Waals surface area (Å²) in [5, 5.41) is 0. The first-order chi connectivity index (χ1) is 15.5. The number of carbonyl (C=O) groups is 2. The fourth-order valence-electron chi connectivity index (χ4n) is 3.06. The Bertz CT molecular complexity index is 921. The number of hydrogen-bond donors (Lipinski definition) is 0.